The van der Waals surface area contributed by atoms with Gasteiger partial charge in [0.25, 0.3) is 0 Å². The van der Waals surface area contributed by atoms with Crippen LogP contribution in [0.4, 0.5) is 0 Å². The van der Waals surface area contributed by atoms with E-state index in [1.807, 2.05) is 96.3 Å². The van der Waals surface area contributed by atoms with Crippen LogP contribution >= 0.6 is 22.7 Å². The van der Waals surface area contributed by atoms with E-state index in [0.717, 1.165) is 158 Å². The second-order valence-corrected chi connectivity index (χ2v) is 38.8. The number of benzene rings is 20. The van der Waals surface area contributed by atoms with Gasteiger partial charge in [0.2, 0.25) is 23.6 Å². The van der Waals surface area contributed by atoms with Crippen LogP contribution in [-0.4, -0.2) is 43.6 Å². The number of para-hydroxylation sites is 3. The zero-order valence-corrected chi connectivity index (χ0v) is 77.5. The summed E-state index contributed by atoms with van der Waals surface area (Å²) >= 11 is 3.37. The third-order valence-corrected chi connectivity index (χ3v) is 30.5. The molecule has 0 unspecified atom stereocenters. The number of aromatic nitrogens is 9. The Bertz CT molecular complexity index is 10700. The van der Waals surface area contributed by atoms with Crippen LogP contribution in [0, 0.1) is 11.3 Å². The lowest BCUT2D eigenvalue weighted by Gasteiger charge is -2.22. The molecule has 0 fully saturated rings. The minimum Gasteiger partial charge on any atom is -0.437 e. The topological polar surface area (TPSA) is 129 Å². The number of hydrogen-bond acceptors (Lipinski definition) is 10. The zero-order valence-electron chi connectivity index (χ0n) is 80.9. The fraction of sp³-hybridized carbons (Fsp3) is 0.0234. The minimum absolute atomic E-state index is 0.175. The molecule has 0 saturated carbocycles. The standard InChI is InChI=1S/C48H27N3OS.C42H28N4.C38H23N3S/c1-2-10-29-23-32(18-17-28(29)9-1)33-19-22-38-42(26-33)52-47-45(38)46(34-20-21-37-36-14-6-8-16-43(36)53-44(37)27-34)49-48(50-47)51-40-15-7-5-13-35(40)39-24-30-11-3-4-12-31(30)25-41(39)51;1-42(2)35-23-30(27-12-4-3-5-13-27)19-20-33(35)38-39(31-16-10-11-26(21-31)25-43)44-41(45-40(38)42)46-36-18-9-8-17-32(36)34-22-28-14-6-7-15-29(28)24-37(34)46;1-3-11-24(12-4-1)28-19-20-34-31(22-28)35-36(25-13-5-2-6-14-25)39-38(40-37(35)42-34)41-32-18-10-9-17-29(32)30-21-26-15-7-8-16-27(26)23-33(30)41/h1-27H;3-24H,1-2H3;1-23H/i;;1D,3D,4D,11D,12D. The molecule has 13 heteroatoms. The van der Waals surface area contributed by atoms with Gasteiger partial charge in [-0.15, -0.1) is 22.7 Å². The highest BCUT2D eigenvalue weighted by atomic mass is 32.1. The first-order chi connectivity index (χ1) is 71.6. The van der Waals surface area contributed by atoms with Gasteiger partial charge < -0.3 is 4.42 Å². The van der Waals surface area contributed by atoms with Crippen molar-refractivity contribution in [2.24, 2.45) is 0 Å². The Morgan fingerprint density at radius 2 is 0.745 bits per heavy atom. The Morgan fingerprint density at radius 3 is 1.37 bits per heavy atom. The molecule has 9 heterocycles. The lowest BCUT2D eigenvalue weighted by Crippen LogP contribution is -2.19. The van der Waals surface area contributed by atoms with Crippen molar-refractivity contribution in [3.8, 4) is 102 Å². The second kappa shape index (κ2) is 32.2. The maximum absolute atomic E-state index is 9.82. The highest BCUT2D eigenvalue weighted by molar-refractivity contribution is 7.26. The van der Waals surface area contributed by atoms with E-state index < -0.39 is 6.04 Å². The van der Waals surface area contributed by atoms with Crippen molar-refractivity contribution in [3.63, 3.8) is 0 Å². The highest BCUT2D eigenvalue weighted by Crippen LogP contribution is 2.54. The van der Waals surface area contributed by atoms with E-state index >= 15 is 0 Å². The van der Waals surface area contributed by atoms with Crippen LogP contribution in [0.2, 0.25) is 0 Å². The Morgan fingerprint density at radius 1 is 0.291 bits per heavy atom. The van der Waals surface area contributed by atoms with Gasteiger partial charge in [0.15, 0.2) is 0 Å². The summed E-state index contributed by atoms with van der Waals surface area (Å²) in [5, 5.41) is 32.4. The largest absolute Gasteiger partial charge is 0.437 e. The zero-order chi connectivity index (χ0) is 97.6. The van der Waals surface area contributed by atoms with Crippen LogP contribution in [0.25, 0.3) is 267 Å². The fourth-order valence-electron chi connectivity index (χ4n) is 21.5. The first kappa shape index (κ1) is 76.0. The quantitative estimate of drug-likeness (QED) is 0.140. The number of nitrogens with zero attached hydrogens (tertiary/aromatic N) is 10. The molecule has 0 bridgehead atoms. The van der Waals surface area contributed by atoms with Crippen molar-refractivity contribution >= 4 is 194 Å². The van der Waals surface area contributed by atoms with E-state index in [1.54, 1.807) is 11.3 Å². The fourth-order valence-corrected chi connectivity index (χ4v) is 23.7. The van der Waals surface area contributed by atoms with E-state index in [0.29, 0.717) is 34.7 Å². The molecular formula is C128H78N10OS2. The van der Waals surface area contributed by atoms with Crippen molar-refractivity contribution in [1.29, 1.82) is 5.26 Å². The van der Waals surface area contributed by atoms with Gasteiger partial charge in [-0.05, 0) is 203 Å². The van der Waals surface area contributed by atoms with Crippen LogP contribution in [-0.2, 0) is 5.41 Å². The second-order valence-electron chi connectivity index (χ2n) is 36.7. The maximum Gasteiger partial charge on any atom is 0.238 e. The van der Waals surface area contributed by atoms with Gasteiger partial charge in [0, 0.05) is 101 Å². The van der Waals surface area contributed by atoms with Gasteiger partial charge in [0.1, 0.15) is 10.4 Å². The van der Waals surface area contributed by atoms with Crippen molar-refractivity contribution in [2.45, 2.75) is 19.3 Å². The number of thiophene rings is 2. The average molecular weight is 1840 g/mol. The van der Waals surface area contributed by atoms with Crippen LogP contribution in [0.15, 0.2) is 441 Å². The Hall–Kier alpha value is -18.2. The van der Waals surface area contributed by atoms with E-state index in [2.05, 4.69) is 355 Å². The van der Waals surface area contributed by atoms with Crippen molar-refractivity contribution in [3.05, 3.63) is 453 Å². The molecule has 0 atom stereocenters. The molecule has 658 valence electrons. The number of furan rings is 1. The van der Waals surface area contributed by atoms with Gasteiger partial charge in [-0.3, -0.25) is 13.7 Å². The first-order valence-corrected chi connectivity index (χ1v) is 48.7. The molecule has 30 rings (SSSR count). The summed E-state index contributed by atoms with van der Waals surface area (Å²) < 4.78 is 58.4. The number of rotatable bonds is 9. The summed E-state index contributed by atoms with van der Waals surface area (Å²) in [7, 11) is 0. The molecule has 11 nitrogen and oxygen atoms in total. The summed E-state index contributed by atoms with van der Waals surface area (Å²) in [5.74, 6) is 1.77. The predicted molar refractivity (Wildman–Crippen MR) is 587 cm³/mol. The van der Waals surface area contributed by atoms with E-state index in [-0.39, 0.29) is 35.1 Å². The summed E-state index contributed by atoms with van der Waals surface area (Å²) in [6.45, 7) is 4.52. The smallest absolute Gasteiger partial charge is 0.238 e. The predicted octanol–water partition coefficient (Wildman–Crippen LogP) is 34.1. The Balaban J connectivity index is 0.000000106. The lowest BCUT2D eigenvalue weighted by atomic mass is 9.84. The molecule has 141 heavy (non-hydrogen) atoms. The Kier molecular flexibility index (Phi) is 17.4. The molecule has 0 radical (unpaired) electrons. The van der Waals surface area contributed by atoms with Crippen LogP contribution in [0.3, 0.4) is 0 Å². The molecule has 0 N–H and O–H groups in total. The lowest BCUT2D eigenvalue weighted by molar-refractivity contribution is 0.633. The highest BCUT2D eigenvalue weighted by Gasteiger charge is 2.41. The number of fused-ring (bicyclic) bond motifs is 25. The summed E-state index contributed by atoms with van der Waals surface area (Å²) in [6.07, 6.45) is 0. The van der Waals surface area contributed by atoms with Crippen LogP contribution in [0.5, 0.6) is 0 Å². The summed E-state index contributed by atoms with van der Waals surface area (Å²) in [5.41, 5.74) is 22.9. The van der Waals surface area contributed by atoms with E-state index in [4.69, 9.17) is 41.2 Å². The molecule has 1 aliphatic carbocycles. The van der Waals surface area contributed by atoms with Gasteiger partial charge in [0.05, 0.1) is 79.7 Å². The molecular weight excluding hydrogens is 1760 g/mol. The van der Waals surface area contributed by atoms with Gasteiger partial charge in [-0.2, -0.15) is 10.2 Å². The summed E-state index contributed by atoms with van der Waals surface area (Å²) in [4.78, 5) is 32.9. The van der Waals surface area contributed by atoms with E-state index in [1.165, 1.54) is 85.3 Å². The number of nitriles is 1. The molecule has 29 aromatic rings. The SMILES string of the molecule is CC1(C)c2cc(-c3ccccc3)ccc2-c2c(-c3cccc(C#N)c3)nc(-n3c4ccccc4c4cc5ccccc5cc43)nc21.[2H]c1c([2H])c([2H])c(-c2ccc3sc4nc(-n5c6ccccc6c6cc7ccccc7cc65)nc(-c5ccccc5)c4c3c2)c([2H])c1[2H].c1ccc2cc(-c3ccc4c(c3)oc3nc(-n5c6ccccc6c6cc7ccccc7cc65)nc(-c5ccc6c(c5)sc5ccccc56)c34)ccc2c1. The van der Waals surface area contributed by atoms with Crippen molar-refractivity contribution in [1.82, 2.24) is 43.6 Å². The maximum atomic E-state index is 9.82. The minimum atomic E-state index is -0.406. The normalized spacial score (nSPS) is 12.9. The molecule has 20 aromatic carbocycles. The molecule has 0 aliphatic heterocycles. The van der Waals surface area contributed by atoms with E-state index in [9.17, 15) is 5.26 Å². The van der Waals surface area contributed by atoms with Gasteiger partial charge >= 0.3 is 0 Å². The Labute approximate surface area is 823 Å². The first-order valence-electron chi connectivity index (χ1n) is 49.6. The number of hydrogen-bond donors (Lipinski definition) is 0. The third kappa shape index (κ3) is 13.3. The summed E-state index contributed by atoms with van der Waals surface area (Å²) in [6, 6.07) is 143. The van der Waals surface area contributed by atoms with Crippen LogP contribution in [0.1, 0.15) is 37.5 Å². The third-order valence-electron chi connectivity index (χ3n) is 28.3. The molecule has 0 spiro atoms. The van der Waals surface area contributed by atoms with Crippen molar-refractivity contribution < 1.29 is 11.3 Å². The van der Waals surface area contributed by atoms with Crippen molar-refractivity contribution in [2.75, 3.05) is 0 Å². The van der Waals surface area contributed by atoms with Gasteiger partial charge in [-0.1, -0.05) is 335 Å². The molecule has 1 aliphatic rings. The van der Waals surface area contributed by atoms with Gasteiger partial charge in [-0.25, -0.2) is 24.9 Å². The molecule has 0 saturated heterocycles. The van der Waals surface area contributed by atoms with Crippen LogP contribution < -0.4 is 0 Å². The molecule has 0 amide bonds. The average Bonchev–Trinajstić information content (AvgIpc) is 1.58. The monoisotopic (exact) mass is 1840 g/mol. The molecule has 9 aromatic heterocycles.